The highest BCUT2D eigenvalue weighted by atomic mass is 35.5. The Balaban J connectivity index is 2.59. The fraction of sp³-hybridized carbons (Fsp3) is 0.800. The molecule has 5 heteroatoms. The quantitative estimate of drug-likeness (QED) is 0.689. The van der Waals surface area contributed by atoms with Crippen LogP contribution in [0.1, 0.15) is 51.9 Å². The molecule has 0 aliphatic heterocycles. The van der Waals surface area contributed by atoms with E-state index in [-0.39, 0.29) is 5.41 Å². The first-order chi connectivity index (χ1) is 9.45. The summed E-state index contributed by atoms with van der Waals surface area (Å²) in [5.41, 5.74) is 2.34. The maximum absolute atomic E-state index is 6.40. The Morgan fingerprint density at radius 2 is 2.00 bits per heavy atom. The van der Waals surface area contributed by atoms with Gasteiger partial charge in [0.15, 0.2) is 0 Å². The van der Waals surface area contributed by atoms with Crippen molar-refractivity contribution in [3.8, 4) is 0 Å². The summed E-state index contributed by atoms with van der Waals surface area (Å²) < 4.78 is 2.00. The SMILES string of the molecule is CCc1nn(CC)c(CNCC(C)(C)CCCCl)c1Cl. The molecule has 0 aliphatic carbocycles. The number of rotatable bonds is 9. The van der Waals surface area contributed by atoms with E-state index in [1.54, 1.807) is 0 Å². The van der Waals surface area contributed by atoms with Gasteiger partial charge >= 0.3 is 0 Å². The number of hydrogen-bond donors (Lipinski definition) is 1. The van der Waals surface area contributed by atoms with Gasteiger partial charge in [-0.2, -0.15) is 5.10 Å². The number of alkyl halides is 1. The van der Waals surface area contributed by atoms with Gasteiger partial charge in [0.1, 0.15) is 0 Å². The average Bonchev–Trinajstić information content (AvgIpc) is 2.73. The number of halogens is 2. The predicted molar refractivity (Wildman–Crippen MR) is 87.7 cm³/mol. The lowest BCUT2D eigenvalue weighted by Crippen LogP contribution is -2.30. The normalized spacial score (nSPS) is 12.1. The van der Waals surface area contributed by atoms with Crippen molar-refractivity contribution < 1.29 is 0 Å². The highest BCUT2D eigenvalue weighted by Gasteiger charge is 2.18. The van der Waals surface area contributed by atoms with Crippen molar-refractivity contribution in [1.29, 1.82) is 0 Å². The molecule has 0 aliphatic rings. The smallest absolute Gasteiger partial charge is 0.0863 e. The van der Waals surface area contributed by atoms with Crippen molar-refractivity contribution in [3.05, 3.63) is 16.4 Å². The second-order valence-electron chi connectivity index (χ2n) is 5.94. The molecule has 0 radical (unpaired) electrons. The second-order valence-corrected chi connectivity index (χ2v) is 6.69. The Bertz CT molecular complexity index is 413. The standard InChI is InChI=1S/C15H27Cl2N3/c1-5-12-14(17)13(20(6-2)19-12)10-18-11-15(3,4)8-7-9-16/h18H,5-11H2,1-4H3. The van der Waals surface area contributed by atoms with Crippen molar-refractivity contribution >= 4 is 23.2 Å². The Kier molecular flexibility index (Phi) is 7.35. The highest BCUT2D eigenvalue weighted by Crippen LogP contribution is 2.24. The summed E-state index contributed by atoms with van der Waals surface area (Å²) in [6, 6.07) is 0. The number of nitrogens with zero attached hydrogens (tertiary/aromatic N) is 2. The number of hydrogen-bond acceptors (Lipinski definition) is 2. The van der Waals surface area contributed by atoms with Crippen molar-refractivity contribution in [1.82, 2.24) is 15.1 Å². The van der Waals surface area contributed by atoms with Crippen LogP contribution in [0.25, 0.3) is 0 Å². The predicted octanol–water partition coefficient (Wildman–Crippen LogP) is 4.25. The molecule has 1 aromatic rings. The lowest BCUT2D eigenvalue weighted by Gasteiger charge is -2.24. The van der Waals surface area contributed by atoms with Crippen LogP contribution in [-0.4, -0.2) is 22.2 Å². The van der Waals surface area contributed by atoms with Gasteiger partial charge in [-0.05, 0) is 31.6 Å². The van der Waals surface area contributed by atoms with Crippen LogP contribution in [0.3, 0.4) is 0 Å². The molecule has 1 rings (SSSR count). The van der Waals surface area contributed by atoms with Crippen LogP contribution >= 0.6 is 23.2 Å². The van der Waals surface area contributed by atoms with Gasteiger partial charge in [0.2, 0.25) is 0 Å². The Labute approximate surface area is 133 Å². The van der Waals surface area contributed by atoms with E-state index in [9.17, 15) is 0 Å². The molecule has 0 saturated carbocycles. The average molecular weight is 320 g/mol. The monoisotopic (exact) mass is 319 g/mol. The molecule has 3 nitrogen and oxygen atoms in total. The van der Waals surface area contributed by atoms with Gasteiger partial charge in [0, 0.05) is 25.5 Å². The second kappa shape index (κ2) is 8.26. The molecular formula is C15H27Cl2N3. The van der Waals surface area contributed by atoms with Crippen LogP contribution in [0.15, 0.2) is 0 Å². The molecule has 0 amide bonds. The van der Waals surface area contributed by atoms with Gasteiger partial charge in [0.05, 0.1) is 16.4 Å². The number of aryl methyl sites for hydroxylation is 2. The van der Waals surface area contributed by atoms with Gasteiger partial charge in [-0.3, -0.25) is 4.68 Å². The van der Waals surface area contributed by atoms with Crippen LogP contribution in [0, 0.1) is 5.41 Å². The molecule has 0 unspecified atom stereocenters. The van der Waals surface area contributed by atoms with Gasteiger partial charge in [-0.15, -0.1) is 11.6 Å². The molecule has 0 aromatic carbocycles. The summed E-state index contributed by atoms with van der Waals surface area (Å²) in [6.07, 6.45) is 3.06. The molecule has 0 atom stereocenters. The van der Waals surface area contributed by atoms with Gasteiger partial charge in [-0.1, -0.05) is 32.4 Å². The maximum atomic E-state index is 6.40. The van der Waals surface area contributed by atoms with Crippen LogP contribution in [0.4, 0.5) is 0 Å². The summed E-state index contributed by atoms with van der Waals surface area (Å²) in [4.78, 5) is 0. The highest BCUT2D eigenvalue weighted by molar-refractivity contribution is 6.31. The van der Waals surface area contributed by atoms with Crippen molar-refractivity contribution in [2.45, 2.75) is 60.0 Å². The van der Waals surface area contributed by atoms with Crippen molar-refractivity contribution in [2.75, 3.05) is 12.4 Å². The lowest BCUT2D eigenvalue weighted by molar-refractivity contribution is 0.309. The minimum atomic E-state index is 0.256. The van der Waals surface area contributed by atoms with Crippen molar-refractivity contribution in [3.63, 3.8) is 0 Å². The molecule has 1 aromatic heterocycles. The first kappa shape index (κ1) is 17.8. The minimum Gasteiger partial charge on any atom is -0.311 e. The molecule has 0 bridgehead atoms. The zero-order valence-electron chi connectivity index (χ0n) is 13.1. The summed E-state index contributed by atoms with van der Waals surface area (Å²) >= 11 is 12.2. The third-order valence-corrected chi connectivity index (χ3v) is 4.28. The fourth-order valence-electron chi connectivity index (χ4n) is 2.34. The summed E-state index contributed by atoms with van der Waals surface area (Å²) in [7, 11) is 0. The first-order valence-corrected chi connectivity index (χ1v) is 8.37. The topological polar surface area (TPSA) is 29.9 Å². The molecule has 1 N–H and O–H groups in total. The van der Waals surface area contributed by atoms with Crippen LogP contribution in [-0.2, 0) is 19.5 Å². The van der Waals surface area contributed by atoms with Crippen molar-refractivity contribution in [2.24, 2.45) is 5.41 Å². The Morgan fingerprint density at radius 3 is 2.55 bits per heavy atom. The molecule has 0 fully saturated rings. The van der Waals surface area contributed by atoms with Crippen LogP contribution < -0.4 is 5.32 Å². The van der Waals surface area contributed by atoms with E-state index in [2.05, 4.69) is 38.1 Å². The summed E-state index contributed by atoms with van der Waals surface area (Å²) in [6.45, 7) is 11.3. The van der Waals surface area contributed by atoms with Gasteiger partial charge in [0.25, 0.3) is 0 Å². The van der Waals surface area contributed by atoms with E-state index >= 15 is 0 Å². The molecular weight excluding hydrogens is 293 g/mol. The summed E-state index contributed by atoms with van der Waals surface area (Å²) in [5.74, 6) is 0.734. The van der Waals surface area contributed by atoms with E-state index in [0.717, 1.165) is 61.2 Å². The van der Waals surface area contributed by atoms with Crippen LogP contribution in [0.2, 0.25) is 5.02 Å². The third kappa shape index (κ3) is 4.94. The minimum absolute atomic E-state index is 0.256. The van der Waals surface area contributed by atoms with E-state index in [1.807, 2.05) is 4.68 Å². The summed E-state index contributed by atoms with van der Waals surface area (Å²) in [5, 5.41) is 8.87. The maximum Gasteiger partial charge on any atom is 0.0863 e. The molecule has 20 heavy (non-hydrogen) atoms. The molecule has 1 heterocycles. The first-order valence-electron chi connectivity index (χ1n) is 7.46. The van der Waals surface area contributed by atoms with Crippen LogP contribution in [0.5, 0.6) is 0 Å². The number of nitrogens with one attached hydrogen (secondary N) is 1. The molecule has 0 saturated heterocycles. The zero-order valence-corrected chi connectivity index (χ0v) is 14.6. The van der Waals surface area contributed by atoms with E-state index in [0.29, 0.717) is 0 Å². The Morgan fingerprint density at radius 1 is 1.30 bits per heavy atom. The molecule has 0 spiro atoms. The number of aromatic nitrogens is 2. The van der Waals surface area contributed by atoms with E-state index < -0.39 is 0 Å². The van der Waals surface area contributed by atoms with Gasteiger partial charge < -0.3 is 5.32 Å². The lowest BCUT2D eigenvalue weighted by atomic mass is 9.88. The fourth-order valence-corrected chi connectivity index (χ4v) is 2.81. The third-order valence-electron chi connectivity index (χ3n) is 3.58. The molecule has 116 valence electrons. The van der Waals surface area contributed by atoms with Gasteiger partial charge in [-0.25, -0.2) is 0 Å². The largest absolute Gasteiger partial charge is 0.311 e. The zero-order chi connectivity index (χ0) is 15.2. The van der Waals surface area contributed by atoms with E-state index in [4.69, 9.17) is 23.2 Å². The Hall–Kier alpha value is -0.250. The van der Waals surface area contributed by atoms with E-state index in [1.165, 1.54) is 0 Å².